The maximum absolute atomic E-state index is 6.82. The first-order valence-electron chi connectivity index (χ1n) is 11.9. The zero-order valence-electron chi connectivity index (χ0n) is 18.9. The molecule has 3 aromatic carbocycles. The monoisotopic (exact) mass is 422 g/mol. The normalized spacial score (nSPS) is 26.3. The van der Waals surface area contributed by atoms with Crippen LogP contribution in [-0.4, -0.2) is 16.4 Å². The molecule has 2 aliphatic heterocycles. The Balaban J connectivity index is 1.37. The first-order chi connectivity index (χ1) is 15.6. The summed E-state index contributed by atoms with van der Waals surface area (Å²) in [6.07, 6.45) is 5.20. The van der Waals surface area contributed by atoms with Gasteiger partial charge in [0.15, 0.2) is 5.72 Å². The lowest BCUT2D eigenvalue weighted by molar-refractivity contribution is -0.142. The van der Waals surface area contributed by atoms with E-state index in [0.29, 0.717) is 5.92 Å². The van der Waals surface area contributed by atoms with Gasteiger partial charge in [-0.2, -0.15) is 5.10 Å². The van der Waals surface area contributed by atoms with Gasteiger partial charge in [0.1, 0.15) is 5.75 Å². The molecule has 0 unspecified atom stereocenters. The van der Waals surface area contributed by atoms with E-state index in [1.807, 2.05) is 0 Å². The summed E-state index contributed by atoms with van der Waals surface area (Å²) >= 11 is 0. The standard InChI is InChI=1S/C29H30N2O/c1-20-12-13-21(2)25(18-20)26-19-27-24-10-6-7-11-28(24)32-29(31(27)30-26)16-14-23(15-17-29)22-8-4-3-5-9-22/h3-13,18,23,27H,14-17,19H2,1-2H3/t23?,27-,29?/m1/s1. The van der Waals surface area contributed by atoms with Crippen molar-refractivity contribution < 1.29 is 4.74 Å². The van der Waals surface area contributed by atoms with Crippen LogP contribution >= 0.6 is 0 Å². The molecule has 162 valence electrons. The summed E-state index contributed by atoms with van der Waals surface area (Å²) in [5.41, 5.74) is 7.44. The number of para-hydroxylation sites is 1. The van der Waals surface area contributed by atoms with E-state index in [1.54, 1.807) is 0 Å². The molecule has 6 rings (SSSR count). The highest BCUT2D eigenvalue weighted by Gasteiger charge is 2.52. The van der Waals surface area contributed by atoms with Gasteiger partial charge >= 0.3 is 0 Å². The van der Waals surface area contributed by atoms with E-state index in [1.165, 1.54) is 33.5 Å². The third-order valence-corrected chi connectivity index (χ3v) is 7.65. The highest BCUT2D eigenvalue weighted by atomic mass is 16.5. The summed E-state index contributed by atoms with van der Waals surface area (Å²) in [7, 11) is 0. The minimum atomic E-state index is -0.343. The summed E-state index contributed by atoms with van der Waals surface area (Å²) in [6, 6.07) is 26.5. The number of aryl methyl sites for hydroxylation is 2. The Bertz CT molecular complexity index is 1170. The van der Waals surface area contributed by atoms with Crippen LogP contribution in [0.5, 0.6) is 5.75 Å². The van der Waals surface area contributed by atoms with Crippen LogP contribution in [0.3, 0.4) is 0 Å². The molecule has 0 amide bonds. The quantitative estimate of drug-likeness (QED) is 0.449. The summed E-state index contributed by atoms with van der Waals surface area (Å²) in [4.78, 5) is 0. The number of nitrogens with zero attached hydrogens (tertiary/aromatic N) is 2. The van der Waals surface area contributed by atoms with E-state index in [2.05, 4.69) is 91.7 Å². The van der Waals surface area contributed by atoms with Crippen molar-refractivity contribution in [3.05, 3.63) is 101 Å². The van der Waals surface area contributed by atoms with E-state index in [-0.39, 0.29) is 11.8 Å². The van der Waals surface area contributed by atoms with Gasteiger partial charge in [-0.3, -0.25) is 0 Å². The molecule has 1 aliphatic carbocycles. The second-order valence-corrected chi connectivity index (χ2v) is 9.70. The van der Waals surface area contributed by atoms with Gasteiger partial charge in [0.2, 0.25) is 0 Å². The Hall–Kier alpha value is -3.07. The second kappa shape index (κ2) is 7.51. The first-order valence-corrected chi connectivity index (χ1v) is 11.9. The van der Waals surface area contributed by atoms with Crippen molar-refractivity contribution in [2.45, 2.75) is 63.6 Å². The molecule has 2 heterocycles. The molecule has 0 bridgehead atoms. The predicted molar refractivity (Wildman–Crippen MR) is 129 cm³/mol. The van der Waals surface area contributed by atoms with E-state index in [4.69, 9.17) is 9.84 Å². The third-order valence-electron chi connectivity index (χ3n) is 7.65. The largest absolute Gasteiger partial charge is 0.466 e. The van der Waals surface area contributed by atoms with Gasteiger partial charge in [-0.15, -0.1) is 0 Å². The number of hydrogen-bond donors (Lipinski definition) is 0. The molecular formula is C29H30N2O. The van der Waals surface area contributed by atoms with Crippen molar-refractivity contribution in [1.29, 1.82) is 0 Å². The minimum Gasteiger partial charge on any atom is -0.466 e. The van der Waals surface area contributed by atoms with Crippen LogP contribution in [0.4, 0.5) is 0 Å². The summed E-state index contributed by atoms with van der Waals surface area (Å²) < 4.78 is 6.82. The first kappa shape index (κ1) is 19.6. The Labute approximate surface area is 190 Å². The molecule has 0 radical (unpaired) electrons. The fourth-order valence-electron chi connectivity index (χ4n) is 5.90. The number of hydrazone groups is 1. The van der Waals surface area contributed by atoms with E-state index in [0.717, 1.165) is 37.9 Å². The average molecular weight is 423 g/mol. The van der Waals surface area contributed by atoms with Crippen LogP contribution in [0.2, 0.25) is 0 Å². The lowest BCUT2D eigenvalue weighted by Gasteiger charge is -2.50. The van der Waals surface area contributed by atoms with Crippen LogP contribution in [-0.2, 0) is 0 Å². The van der Waals surface area contributed by atoms with Gasteiger partial charge in [-0.25, -0.2) is 5.01 Å². The molecular weight excluding hydrogens is 392 g/mol. The van der Waals surface area contributed by atoms with Gasteiger partial charge < -0.3 is 4.74 Å². The van der Waals surface area contributed by atoms with Gasteiger partial charge in [0, 0.05) is 30.4 Å². The van der Waals surface area contributed by atoms with Crippen molar-refractivity contribution in [3.8, 4) is 5.75 Å². The average Bonchev–Trinajstić information content (AvgIpc) is 3.29. The van der Waals surface area contributed by atoms with Crippen molar-refractivity contribution in [3.63, 3.8) is 0 Å². The van der Waals surface area contributed by atoms with Crippen molar-refractivity contribution in [2.24, 2.45) is 5.10 Å². The Morgan fingerprint density at radius 1 is 0.906 bits per heavy atom. The van der Waals surface area contributed by atoms with E-state index >= 15 is 0 Å². The smallest absolute Gasteiger partial charge is 0.198 e. The van der Waals surface area contributed by atoms with Crippen LogP contribution in [0.15, 0.2) is 77.9 Å². The van der Waals surface area contributed by atoms with Crippen LogP contribution in [0.1, 0.15) is 71.9 Å². The Morgan fingerprint density at radius 2 is 1.66 bits per heavy atom. The highest BCUT2D eigenvalue weighted by molar-refractivity contribution is 6.03. The number of benzene rings is 3. The lowest BCUT2D eigenvalue weighted by atomic mass is 9.78. The zero-order chi connectivity index (χ0) is 21.7. The third kappa shape index (κ3) is 3.14. The lowest BCUT2D eigenvalue weighted by Crippen LogP contribution is -2.55. The van der Waals surface area contributed by atoms with E-state index < -0.39 is 0 Å². The number of hydrogen-bond acceptors (Lipinski definition) is 3. The van der Waals surface area contributed by atoms with Gasteiger partial charge in [0.05, 0.1) is 11.8 Å². The number of fused-ring (bicyclic) bond motifs is 4. The SMILES string of the molecule is Cc1ccc(C)c(C2=NN3[C@H](C2)c2ccccc2OC32CCC(c3ccccc3)CC2)c1. The molecule has 3 aliphatic rings. The molecule has 32 heavy (non-hydrogen) atoms. The molecule has 1 spiro atoms. The molecule has 0 aromatic heterocycles. The van der Waals surface area contributed by atoms with Gasteiger partial charge in [0.25, 0.3) is 0 Å². The topological polar surface area (TPSA) is 24.8 Å². The Morgan fingerprint density at radius 3 is 2.47 bits per heavy atom. The molecule has 3 heteroatoms. The van der Waals surface area contributed by atoms with Crippen molar-refractivity contribution in [2.75, 3.05) is 0 Å². The zero-order valence-corrected chi connectivity index (χ0v) is 18.9. The molecule has 0 saturated heterocycles. The minimum absolute atomic E-state index is 0.253. The van der Waals surface area contributed by atoms with Crippen LogP contribution in [0, 0.1) is 13.8 Å². The van der Waals surface area contributed by atoms with Gasteiger partial charge in [-0.1, -0.05) is 66.2 Å². The predicted octanol–water partition coefficient (Wildman–Crippen LogP) is 6.90. The second-order valence-electron chi connectivity index (χ2n) is 9.70. The molecule has 1 saturated carbocycles. The molecule has 1 fully saturated rings. The Kier molecular flexibility index (Phi) is 4.60. The van der Waals surface area contributed by atoms with Gasteiger partial charge in [-0.05, 0) is 55.9 Å². The van der Waals surface area contributed by atoms with Crippen LogP contribution < -0.4 is 4.74 Å². The van der Waals surface area contributed by atoms with Crippen molar-refractivity contribution >= 4 is 5.71 Å². The fraction of sp³-hybridized carbons (Fsp3) is 0.345. The maximum atomic E-state index is 6.82. The highest BCUT2D eigenvalue weighted by Crippen LogP contribution is 2.53. The molecule has 3 aromatic rings. The van der Waals surface area contributed by atoms with E-state index in [9.17, 15) is 0 Å². The number of ether oxygens (including phenoxy) is 1. The summed E-state index contributed by atoms with van der Waals surface area (Å²) in [6.45, 7) is 4.36. The van der Waals surface area contributed by atoms with Crippen LogP contribution in [0.25, 0.3) is 0 Å². The molecule has 1 atom stereocenters. The number of rotatable bonds is 2. The fourth-order valence-corrected chi connectivity index (χ4v) is 5.90. The maximum Gasteiger partial charge on any atom is 0.198 e. The molecule has 0 N–H and O–H groups in total. The summed E-state index contributed by atoms with van der Waals surface area (Å²) in [5, 5.41) is 7.62. The molecule has 3 nitrogen and oxygen atoms in total. The van der Waals surface area contributed by atoms with Crippen molar-refractivity contribution in [1.82, 2.24) is 5.01 Å². The summed E-state index contributed by atoms with van der Waals surface area (Å²) in [5.74, 6) is 1.65.